The maximum atomic E-state index is 6.92. The predicted molar refractivity (Wildman–Crippen MR) is 159 cm³/mol. The number of aromatic nitrogens is 1. The number of hydrogen-bond donors (Lipinski definition) is 3. The fourth-order valence-electron chi connectivity index (χ4n) is 3.65. The number of rotatable bonds is 10. The molecule has 0 radical (unpaired) electrons. The number of ether oxygens (including phenoxy) is 1. The lowest BCUT2D eigenvalue weighted by atomic mass is 10.2. The SMILES string of the molecule is CC.CC.CCCN(CCC)c1cc(N)nc(NCCN2CCOCC2)c1.Cc1cccc(C=N)c1. The maximum absolute atomic E-state index is 6.92. The van der Waals surface area contributed by atoms with Crippen LogP contribution in [0.2, 0.25) is 0 Å². The molecule has 7 heteroatoms. The van der Waals surface area contributed by atoms with Gasteiger partial charge in [0.1, 0.15) is 11.6 Å². The summed E-state index contributed by atoms with van der Waals surface area (Å²) in [4.78, 5) is 9.20. The molecule has 0 amide bonds. The lowest BCUT2D eigenvalue weighted by Crippen LogP contribution is -2.39. The topological polar surface area (TPSA) is 90.5 Å². The zero-order valence-corrected chi connectivity index (χ0v) is 23.9. The monoisotopic (exact) mass is 500 g/mol. The molecule has 1 aliphatic rings. The molecule has 0 aliphatic carbocycles. The number of nitrogens with two attached hydrogens (primary N) is 1. The molecule has 3 rings (SSSR count). The van der Waals surface area contributed by atoms with Gasteiger partial charge >= 0.3 is 0 Å². The Kier molecular flexibility index (Phi) is 20.0. The van der Waals surface area contributed by atoms with Crippen LogP contribution >= 0.6 is 0 Å². The van der Waals surface area contributed by atoms with Gasteiger partial charge in [-0.05, 0) is 25.3 Å². The third-order valence-electron chi connectivity index (χ3n) is 5.23. The van der Waals surface area contributed by atoms with Crippen LogP contribution in [0.4, 0.5) is 17.3 Å². The Balaban J connectivity index is 0.000000783. The van der Waals surface area contributed by atoms with E-state index in [0.29, 0.717) is 5.82 Å². The highest BCUT2D eigenvalue weighted by Gasteiger charge is 2.11. The van der Waals surface area contributed by atoms with Crippen LogP contribution in [0.3, 0.4) is 0 Å². The quantitative estimate of drug-likeness (QED) is 0.343. The van der Waals surface area contributed by atoms with Gasteiger partial charge < -0.3 is 26.1 Å². The number of morpholine rings is 1. The molecule has 1 aliphatic heterocycles. The van der Waals surface area contributed by atoms with Crippen LogP contribution in [0.5, 0.6) is 0 Å². The largest absolute Gasteiger partial charge is 0.384 e. The van der Waals surface area contributed by atoms with Gasteiger partial charge in [0.05, 0.1) is 13.2 Å². The molecule has 1 saturated heterocycles. The number of nitrogen functional groups attached to an aromatic ring is 1. The van der Waals surface area contributed by atoms with Crippen molar-refractivity contribution in [1.29, 1.82) is 5.41 Å². The van der Waals surface area contributed by atoms with Crippen LogP contribution in [-0.4, -0.2) is 68.6 Å². The molecule has 36 heavy (non-hydrogen) atoms. The Bertz CT molecular complexity index is 802. The molecule has 1 fully saturated rings. The van der Waals surface area contributed by atoms with Crippen LogP contribution in [-0.2, 0) is 4.74 Å². The first-order valence-electron chi connectivity index (χ1n) is 13.7. The van der Waals surface area contributed by atoms with Crippen molar-refractivity contribution in [2.24, 2.45) is 0 Å². The van der Waals surface area contributed by atoms with E-state index in [9.17, 15) is 0 Å². The van der Waals surface area contributed by atoms with Gasteiger partial charge in [0, 0.05) is 63.3 Å². The van der Waals surface area contributed by atoms with Gasteiger partial charge in [-0.2, -0.15) is 0 Å². The molecule has 1 aromatic heterocycles. The smallest absolute Gasteiger partial charge is 0.130 e. The molecule has 7 nitrogen and oxygen atoms in total. The Labute approximate surface area is 220 Å². The molecule has 0 atom stereocenters. The number of anilines is 3. The summed E-state index contributed by atoms with van der Waals surface area (Å²) in [5, 5.41) is 10.3. The van der Waals surface area contributed by atoms with Crippen molar-refractivity contribution in [3.8, 4) is 0 Å². The lowest BCUT2D eigenvalue weighted by molar-refractivity contribution is 0.0398. The summed E-state index contributed by atoms with van der Waals surface area (Å²) in [6.45, 7) is 22.1. The van der Waals surface area contributed by atoms with E-state index in [4.69, 9.17) is 15.9 Å². The first-order chi connectivity index (χ1) is 17.5. The van der Waals surface area contributed by atoms with E-state index in [1.54, 1.807) is 0 Å². The summed E-state index contributed by atoms with van der Waals surface area (Å²) in [5.41, 5.74) is 9.33. The number of pyridine rings is 1. The fraction of sp³-hybridized carbons (Fsp3) is 0.586. The van der Waals surface area contributed by atoms with Gasteiger partial charge in [-0.25, -0.2) is 4.98 Å². The zero-order chi connectivity index (χ0) is 27.2. The standard InChI is InChI=1S/C17H31N5O.C8H9N.2C2H6/c1-3-6-22(7-4-2)15-13-16(18)20-17(14-15)19-5-8-21-9-11-23-12-10-21;1-7-3-2-4-8(5-7)6-9;2*1-2/h13-14H,3-12H2,1-2H3,(H3,18,19,20);2-6,9H,1H3;2*1-2H3. The number of nitrogens with one attached hydrogen (secondary N) is 2. The summed E-state index contributed by atoms with van der Waals surface area (Å²) in [6, 6.07) is 12.0. The number of benzene rings is 1. The summed E-state index contributed by atoms with van der Waals surface area (Å²) < 4.78 is 5.37. The minimum atomic E-state index is 0.577. The normalized spacial score (nSPS) is 12.5. The fourth-order valence-corrected chi connectivity index (χ4v) is 3.65. The Morgan fingerprint density at radius 1 is 1.06 bits per heavy atom. The molecule has 0 saturated carbocycles. The van der Waals surface area contributed by atoms with E-state index in [1.807, 2.05) is 65.0 Å². The second kappa shape index (κ2) is 21.6. The van der Waals surface area contributed by atoms with Gasteiger partial charge in [-0.15, -0.1) is 0 Å². The summed E-state index contributed by atoms with van der Waals surface area (Å²) in [7, 11) is 0. The second-order valence-electron chi connectivity index (χ2n) is 8.06. The zero-order valence-electron chi connectivity index (χ0n) is 23.9. The second-order valence-corrected chi connectivity index (χ2v) is 8.06. The van der Waals surface area contributed by atoms with Gasteiger partial charge in [0.2, 0.25) is 0 Å². The molecule has 2 heterocycles. The number of nitrogens with zero attached hydrogens (tertiary/aromatic N) is 3. The number of aryl methyl sites for hydroxylation is 1. The minimum absolute atomic E-state index is 0.577. The van der Waals surface area contributed by atoms with Gasteiger partial charge in [-0.1, -0.05) is 71.4 Å². The van der Waals surface area contributed by atoms with E-state index < -0.39 is 0 Å². The van der Waals surface area contributed by atoms with E-state index in [1.165, 1.54) is 11.8 Å². The van der Waals surface area contributed by atoms with E-state index in [0.717, 1.165) is 82.4 Å². The summed E-state index contributed by atoms with van der Waals surface area (Å²) >= 11 is 0. The average Bonchev–Trinajstić information content (AvgIpc) is 2.91. The van der Waals surface area contributed by atoms with Crippen molar-refractivity contribution < 1.29 is 4.74 Å². The summed E-state index contributed by atoms with van der Waals surface area (Å²) in [5.74, 6) is 1.44. The molecule has 0 unspecified atom stereocenters. The Morgan fingerprint density at radius 2 is 1.69 bits per heavy atom. The van der Waals surface area contributed by atoms with E-state index in [2.05, 4.69) is 40.0 Å². The van der Waals surface area contributed by atoms with Crippen LogP contribution in [0.15, 0.2) is 36.4 Å². The maximum Gasteiger partial charge on any atom is 0.130 e. The Morgan fingerprint density at radius 3 is 2.22 bits per heavy atom. The highest BCUT2D eigenvalue weighted by molar-refractivity contribution is 5.76. The molecule has 204 valence electrons. The van der Waals surface area contributed by atoms with Crippen LogP contribution in [0.1, 0.15) is 65.5 Å². The van der Waals surface area contributed by atoms with Crippen LogP contribution in [0.25, 0.3) is 0 Å². The third kappa shape index (κ3) is 14.0. The first kappa shape index (κ1) is 33.4. The van der Waals surface area contributed by atoms with Crippen LogP contribution in [0, 0.1) is 12.3 Å². The van der Waals surface area contributed by atoms with Crippen molar-refractivity contribution in [2.45, 2.75) is 61.3 Å². The molecular formula is C29H52N6O. The molecule has 4 N–H and O–H groups in total. The lowest BCUT2D eigenvalue weighted by Gasteiger charge is -2.27. The van der Waals surface area contributed by atoms with Crippen LogP contribution < -0.4 is 16.0 Å². The minimum Gasteiger partial charge on any atom is -0.384 e. The van der Waals surface area contributed by atoms with Gasteiger partial charge in [-0.3, -0.25) is 4.90 Å². The van der Waals surface area contributed by atoms with Crippen molar-refractivity contribution in [3.05, 3.63) is 47.5 Å². The van der Waals surface area contributed by atoms with Crippen molar-refractivity contribution in [3.63, 3.8) is 0 Å². The van der Waals surface area contributed by atoms with E-state index in [-0.39, 0.29) is 0 Å². The third-order valence-corrected chi connectivity index (χ3v) is 5.23. The highest BCUT2D eigenvalue weighted by atomic mass is 16.5. The number of hydrogen-bond acceptors (Lipinski definition) is 7. The highest BCUT2D eigenvalue weighted by Crippen LogP contribution is 2.21. The molecule has 0 spiro atoms. The Hall–Kier alpha value is -2.64. The predicted octanol–water partition coefficient (Wildman–Crippen LogP) is 6.08. The van der Waals surface area contributed by atoms with Crippen molar-refractivity contribution >= 4 is 23.5 Å². The molecule has 0 bridgehead atoms. The van der Waals surface area contributed by atoms with Gasteiger partial charge in [0.15, 0.2) is 0 Å². The van der Waals surface area contributed by atoms with E-state index >= 15 is 0 Å². The van der Waals surface area contributed by atoms with Gasteiger partial charge in [0.25, 0.3) is 0 Å². The first-order valence-corrected chi connectivity index (χ1v) is 13.7. The van der Waals surface area contributed by atoms with Crippen molar-refractivity contribution in [2.75, 3.05) is 68.4 Å². The molecule has 1 aromatic carbocycles. The molecular weight excluding hydrogens is 448 g/mol. The van der Waals surface area contributed by atoms with Crippen molar-refractivity contribution in [1.82, 2.24) is 9.88 Å². The molecule has 2 aromatic rings. The average molecular weight is 501 g/mol. The summed E-state index contributed by atoms with van der Waals surface area (Å²) in [6.07, 6.45) is 3.61.